The topological polar surface area (TPSA) is 112 Å². The fourth-order valence-corrected chi connectivity index (χ4v) is 2.80. The fourth-order valence-electron chi connectivity index (χ4n) is 2.80. The molecule has 0 bridgehead atoms. The van der Waals surface area contributed by atoms with Gasteiger partial charge in [-0.3, -0.25) is 14.9 Å². The van der Waals surface area contributed by atoms with Gasteiger partial charge in [0.1, 0.15) is 11.4 Å². The minimum absolute atomic E-state index is 0.133. The summed E-state index contributed by atoms with van der Waals surface area (Å²) in [4.78, 5) is 23.5. The SMILES string of the molecule is COc1ccc(C(=O)n2nc(C)c(N=Nc3ccc(C)cc3[N+](=O)[O-])c2C)cc1. The van der Waals surface area contributed by atoms with Gasteiger partial charge in [-0.15, -0.1) is 10.2 Å². The molecule has 0 atom stereocenters. The Hall–Kier alpha value is -3.88. The molecule has 0 fully saturated rings. The summed E-state index contributed by atoms with van der Waals surface area (Å²) in [6.45, 7) is 5.15. The zero-order chi connectivity index (χ0) is 21.1. The molecule has 29 heavy (non-hydrogen) atoms. The van der Waals surface area contributed by atoms with E-state index >= 15 is 0 Å². The van der Waals surface area contributed by atoms with Crippen molar-refractivity contribution in [1.29, 1.82) is 0 Å². The lowest BCUT2D eigenvalue weighted by atomic mass is 10.2. The maximum absolute atomic E-state index is 12.8. The van der Waals surface area contributed by atoms with Gasteiger partial charge in [0, 0.05) is 11.6 Å². The number of benzene rings is 2. The smallest absolute Gasteiger partial charge is 0.296 e. The van der Waals surface area contributed by atoms with Crippen molar-refractivity contribution in [2.45, 2.75) is 20.8 Å². The van der Waals surface area contributed by atoms with Crippen LogP contribution in [-0.4, -0.2) is 27.7 Å². The van der Waals surface area contributed by atoms with Crippen molar-refractivity contribution in [2.24, 2.45) is 10.2 Å². The molecular weight excluding hydrogens is 374 g/mol. The number of hydrogen-bond donors (Lipinski definition) is 0. The van der Waals surface area contributed by atoms with Crippen molar-refractivity contribution in [3.05, 3.63) is 75.1 Å². The highest BCUT2D eigenvalue weighted by Gasteiger charge is 2.19. The number of nitrogens with zero attached hydrogens (tertiary/aromatic N) is 5. The number of rotatable bonds is 5. The summed E-state index contributed by atoms with van der Waals surface area (Å²) in [6.07, 6.45) is 0. The Balaban J connectivity index is 1.95. The van der Waals surface area contributed by atoms with Crippen LogP contribution in [0.4, 0.5) is 17.1 Å². The Morgan fingerprint density at radius 3 is 2.41 bits per heavy atom. The second-order valence-corrected chi connectivity index (χ2v) is 6.41. The first-order chi connectivity index (χ1) is 13.8. The highest BCUT2D eigenvalue weighted by atomic mass is 16.6. The van der Waals surface area contributed by atoms with Gasteiger partial charge in [0.2, 0.25) is 0 Å². The number of methoxy groups -OCH3 is 1. The molecule has 1 aromatic heterocycles. The van der Waals surface area contributed by atoms with Gasteiger partial charge in [0.15, 0.2) is 5.69 Å². The number of ether oxygens (including phenoxy) is 1. The molecule has 3 aromatic rings. The van der Waals surface area contributed by atoms with E-state index < -0.39 is 4.92 Å². The van der Waals surface area contributed by atoms with Gasteiger partial charge >= 0.3 is 0 Å². The summed E-state index contributed by atoms with van der Waals surface area (Å²) in [5, 5.41) is 23.7. The van der Waals surface area contributed by atoms with Crippen LogP contribution in [0.15, 0.2) is 52.7 Å². The molecule has 0 radical (unpaired) electrons. The quantitative estimate of drug-likeness (QED) is 0.350. The van der Waals surface area contributed by atoms with E-state index in [9.17, 15) is 14.9 Å². The second-order valence-electron chi connectivity index (χ2n) is 6.41. The molecule has 0 amide bonds. The molecule has 2 aromatic carbocycles. The third-order valence-corrected chi connectivity index (χ3v) is 4.37. The van der Waals surface area contributed by atoms with Crippen LogP contribution < -0.4 is 4.74 Å². The number of nitro benzene ring substituents is 1. The van der Waals surface area contributed by atoms with Crippen LogP contribution in [0, 0.1) is 30.9 Å². The van der Waals surface area contributed by atoms with Crippen LogP contribution in [0.1, 0.15) is 27.3 Å². The van der Waals surface area contributed by atoms with Crippen molar-refractivity contribution in [2.75, 3.05) is 7.11 Å². The Kier molecular flexibility index (Phi) is 5.49. The summed E-state index contributed by atoms with van der Waals surface area (Å²) in [5.41, 5.74) is 2.56. The minimum Gasteiger partial charge on any atom is -0.497 e. The molecule has 0 spiro atoms. The molecule has 9 heteroatoms. The summed E-state index contributed by atoms with van der Waals surface area (Å²) < 4.78 is 6.35. The van der Waals surface area contributed by atoms with Gasteiger partial charge in [-0.1, -0.05) is 6.07 Å². The predicted molar refractivity (Wildman–Crippen MR) is 106 cm³/mol. The van der Waals surface area contributed by atoms with E-state index in [1.165, 1.54) is 16.8 Å². The number of carbonyl (C=O) groups is 1. The average Bonchev–Trinajstić information content (AvgIpc) is 3.00. The molecule has 0 saturated carbocycles. The van der Waals surface area contributed by atoms with Crippen molar-refractivity contribution in [1.82, 2.24) is 9.78 Å². The molecule has 9 nitrogen and oxygen atoms in total. The largest absolute Gasteiger partial charge is 0.497 e. The van der Waals surface area contributed by atoms with E-state index in [0.29, 0.717) is 28.4 Å². The molecule has 148 valence electrons. The van der Waals surface area contributed by atoms with Crippen molar-refractivity contribution in [3.63, 3.8) is 0 Å². The Labute approximate surface area is 166 Å². The molecule has 0 aliphatic rings. The summed E-state index contributed by atoms with van der Waals surface area (Å²) in [6, 6.07) is 11.4. The average molecular weight is 393 g/mol. The lowest BCUT2D eigenvalue weighted by molar-refractivity contribution is -0.384. The maximum atomic E-state index is 12.8. The van der Waals surface area contributed by atoms with Gasteiger partial charge in [-0.25, -0.2) is 0 Å². The van der Waals surface area contributed by atoms with Gasteiger partial charge in [0.05, 0.1) is 23.4 Å². The summed E-state index contributed by atoms with van der Waals surface area (Å²) >= 11 is 0. The molecular formula is C20H19N5O4. The Bertz CT molecular complexity index is 1120. The lowest BCUT2D eigenvalue weighted by Crippen LogP contribution is -2.15. The number of aryl methyl sites for hydroxylation is 2. The number of azo groups is 1. The minimum atomic E-state index is -0.502. The van der Waals surface area contributed by atoms with Crippen LogP contribution in [-0.2, 0) is 0 Å². The molecule has 0 aliphatic carbocycles. The molecule has 1 heterocycles. The van der Waals surface area contributed by atoms with Gasteiger partial charge in [0.25, 0.3) is 11.6 Å². The molecule has 0 N–H and O–H groups in total. The number of nitro groups is 1. The number of carbonyl (C=O) groups excluding carboxylic acids is 1. The van der Waals surface area contributed by atoms with Crippen molar-refractivity contribution >= 4 is 23.0 Å². The monoisotopic (exact) mass is 393 g/mol. The number of aromatic nitrogens is 2. The summed E-state index contributed by atoms with van der Waals surface area (Å²) in [5.74, 6) is 0.320. The Morgan fingerprint density at radius 2 is 1.79 bits per heavy atom. The predicted octanol–water partition coefficient (Wildman–Crippen LogP) is 4.83. The zero-order valence-corrected chi connectivity index (χ0v) is 16.4. The lowest BCUT2D eigenvalue weighted by Gasteiger charge is -2.04. The van der Waals surface area contributed by atoms with Gasteiger partial charge in [-0.05, 0) is 56.7 Å². The van der Waals surface area contributed by atoms with E-state index in [0.717, 1.165) is 5.56 Å². The van der Waals surface area contributed by atoms with Crippen LogP contribution in [0.3, 0.4) is 0 Å². The van der Waals surface area contributed by atoms with E-state index in [4.69, 9.17) is 4.74 Å². The third kappa shape index (κ3) is 4.03. The normalized spacial score (nSPS) is 11.0. The van der Waals surface area contributed by atoms with Crippen molar-refractivity contribution < 1.29 is 14.5 Å². The van der Waals surface area contributed by atoms with E-state index in [1.807, 2.05) is 0 Å². The molecule has 3 rings (SSSR count). The first-order valence-corrected chi connectivity index (χ1v) is 8.73. The fraction of sp³-hybridized carbons (Fsp3) is 0.200. The molecule has 0 saturated heterocycles. The molecule has 0 aliphatic heterocycles. The standard InChI is InChI=1S/C20H19N5O4/c1-12-5-10-17(18(11-12)25(27)28)21-22-19-13(2)23-24(14(19)3)20(26)15-6-8-16(29-4)9-7-15/h5-11H,1-4H3. The van der Waals surface area contributed by atoms with Crippen LogP contribution >= 0.6 is 0 Å². The molecule has 0 unspecified atom stereocenters. The summed E-state index contributed by atoms with van der Waals surface area (Å²) in [7, 11) is 1.55. The third-order valence-electron chi connectivity index (χ3n) is 4.37. The van der Waals surface area contributed by atoms with Crippen LogP contribution in [0.5, 0.6) is 5.75 Å². The first-order valence-electron chi connectivity index (χ1n) is 8.73. The van der Waals surface area contributed by atoms with Crippen LogP contribution in [0.2, 0.25) is 0 Å². The second kappa shape index (κ2) is 8.01. The zero-order valence-electron chi connectivity index (χ0n) is 16.4. The van der Waals surface area contributed by atoms with Crippen molar-refractivity contribution in [3.8, 4) is 5.75 Å². The van der Waals surface area contributed by atoms with E-state index in [-0.39, 0.29) is 17.3 Å². The number of hydrogen-bond acceptors (Lipinski definition) is 7. The van der Waals surface area contributed by atoms with Crippen LogP contribution in [0.25, 0.3) is 0 Å². The van der Waals surface area contributed by atoms with E-state index in [1.54, 1.807) is 58.2 Å². The van der Waals surface area contributed by atoms with E-state index in [2.05, 4.69) is 15.3 Å². The first kappa shape index (κ1) is 19.9. The highest BCUT2D eigenvalue weighted by Crippen LogP contribution is 2.31. The Morgan fingerprint density at radius 1 is 1.10 bits per heavy atom. The highest BCUT2D eigenvalue weighted by molar-refractivity contribution is 5.96. The van der Waals surface area contributed by atoms with Gasteiger partial charge in [-0.2, -0.15) is 9.78 Å². The van der Waals surface area contributed by atoms with Gasteiger partial charge < -0.3 is 4.74 Å². The maximum Gasteiger partial charge on any atom is 0.296 e.